The smallest absolute Gasteiger partial charge is 0.241 e. The molecular formula is C18H29N3O. The lowest BCUT2D eigenvalue weighted by molar-refractivity contribution is -0.122. The summed E-state index contributed by atoms with van der Waals surface area (Å²) in [7, 11) is 0. The molecule has 1 amide bonds. The largest absolute Gasteiger partial charge is 0.354 e. The Morgan fingerprint density at radius 1 is 1.36 bits per heavy atom. The molecule has 1 saturated heterocycles. The van der Waals surface area contributed by atoms with Gasteiger partial charge >= 0.3 is 0 Å². The number of likely N-dealkylation sites (tertiary alicyclic amines) is 1. The quantitative estimate of drug-likeness (QED) is 0.760. The van der Waals surface area contributed by atoms with Gasteiger partial charge in [0.1, 0.15) is 6.04 Å². The molecule has 0 aromatic heterocycles. The summed E-state index contributed by atoms with van der Waals surface area (Å²) >= 11 is 0. The maximum atomic E-state index is 12.0. The highest BCUT2D eigenvalue weighted by molar-refractivity contribution is 5.82. The van der Waals surface area contributed by atoms with E-state index in [1.165, 1.54) is 25.9 Å². The van der Waals surface area contributed by atoms with Gasteiger partial charge in [0, 0.05) is 13.1 Å². The van der Waals surface area contributed by atoms with Crippen LogP contribution in [0.5, 0.6) is 0 Å². The average Bonchev–Trinajstić information content (AvgIpc) is 2.54. The number of carbonyl (C=O) groups excluding carboxylic acids is 1. The summed E-state index contributed by atoms with van der Waals surface area (Å²) in [6.45, 7) is 6.64. The topological polar surface area (TPSA) is 58.4 Å². The van der Waals surface area contributed by atoms with Crippen molar-refractivity contribution in [2.24, 2.45) is 11.7 Å². The van der Waals surface area contributed by atoms with Crippen LogP contribution in [0.25, 0.3) is 0 Å². The molecule has 0 aliphatic carbocycles. The van der Waals surface area contributed by atoms with Gasteiger partial charge in [0.2, 0.25) is 5.91 Å². The van der Waals surface area contributed by atoms with Gasteiger partial charge in [-0.15, -0.1) is 0 Å². The van der Waals surface area contributed by atoms with Gasteiger partial charge in [0.05, 0.1) is 0 Å². The van der Waals surface area contributed by atoms with Crippen molar-refractivity contribution in [3.05, 3.63) is 35.9 Å². The van der Waals surface area contributed by atoms with E-state index in [9.17, 15) is 4.79 Å². The van der Waals surface area contributed by atoms with Crippen molar-refractivity contribution in [2.45, 2.75) is 38.6 Å². The van der Waals surface area contributed by atoms with Crippen LogP contribution in [0.4, 0.5) is 0 Å². The summed E-state index contributed by atoms with van der Waals surface area (Å²) < 4.78 is 0. The van der Waals surface area contributed by atoms with E-state index >= 15 is 0 Å². The van der Waals surface area contributed by atoms with Crippen LogP contribution in [0.15, 0.2) is 30.3 Å². The second kappa shape index (κ2) is 8.91. The van der Waals surface area contributed by atoms with E-state index in [2.05, 4.69) is 17.1 Å². The minimum absolute atomic E-state index is 0.0854. The van der Waals surface area contributed by atoms with E-state index in [4.69, 9.17) is 5.73 Å². The number of nitrogens with zero attached hydrogens (tertiary/aromatic N) is 1. The molecular weight excluding hydrogens is 274 g/mol. The number of unbranched alkanes of at least 4 members (excludes halogenated alkanes) is 1. The van der Waals surface area contributed by atoms with Gasteiger partial charge < -0.3 is 16.0 Å². The second-order valence-electron chi connectivity index (χ2n) is 6.43. The summed E-state index contributed by atoms with van der Waals surface area (Å²) in [6.07, 6.45) is 4.83. The number of benzene rings is 1. The van der Waals surface area contributed by atoms with Crippen molar-refractivity contribution >= 4 is 5.91 Å². The number of hydrogen-bond acceptors (Lipinski definition) is 3. The molecule has 1 aromatic carbocycles. The van der Waals surface area contributed by atoms with Gasteiger partial charge in [-0.1, -0.05) is 37.3 Å². The lowest BCUT2D eigenvalue weighted by Crippen LogP contribution is -2.36. The fourth-order valence-corrected chi connectivity index (χ4v) is 3.08. The Hall–Kier alpha value is -1.39. The fraction of sp³-hybridized carbons (Fsp3) is 0.611. The third-order valence-electron chi connectivity index (χ3n) is 4.38. The molecule has 1 aliphatic rings. The number of hydrogen-bond donors (Lipinski definition) is 2. The van der Waals surface area contributed by atoms with Gasteiger partial charge in [-0.2, -0.15) is 0 Å². The predicted octanol–water partition coefficient (Wildman–Crippen LogP) is 2.31. The van der Waals surface area contributed by atoms with Gasteiger partial charge in [-0.25, -0.2) is 0 Å². The first-order valence-corrected chi connectivity index (χ1v) is 8.47. The lowest BCUT2D eigenvalue weighted by Gasteiger charge is -2.30. The Balaban J connectivity index is 1.59. The van der Waals surface area contributed by atoms with E-state index in [0.717, 1.165) is 30.9 Å². The molecule has 22 heavy (non-hydrogen) atoms. The van der Waals surface area contributed by atoms with E-state index in [1.54, 1.807) is 0 Å². The van der Waals surface area contributed by atoms with Crippen LogP contribution in [0, 0.1) is 5.92 Å². The third kappa shape index (κ3) is 5.43. The number of rotatable bonds is 7. The molecule has 1 aromatic rings. The zero-order valence-corrected chi connectivity index (χ0v) is 13.6. The lowest BCUT2D eigenvalue weighted by atomic mass is 10.0. The molecule has 0 saturated carbocycles. The highest BCUT2D eigenvalue weighted by Crippen LogP contribution is 2.15. The summed E-state index contributed by atoms with van der Waals surface area (Å²) in [4.78, 5) is 14.6. The highest BCUT2D eigenvalue weighted by atomic mass is 16.2. The van der Waals surface area contributed by atoms with E-state index in [-0.39, 0.29) is 5.91 Å². The van der Waals surface area contributed by atoms with Gasteiger partial charge in [-0.3, -0.25) is 4.79 Å². The number of piperidine rings is 1. The molecule has 3 N–H and O–H groups in total. The molecule has 1 fully saturated rings. The fourth-order valence-electron chi connectivity index (χ4n) is 3.08. The minimum atomic E-state index is -0.566. The van der Waals surface area contributed by atoms with Gasteiger partial charge in [-0.05, 0) is 50.3 Å². The first-order chi connectivity index (χ1) is 10.7. The van der Waals surface area contributed by atoms with E-state index < -0.39 is 6.04 Å². The molecule has 122 valence electrons. The van der Waals surface area contributed by atoms with Crippen LogP contribution < -0.4 is 11.1 Å². The van der Waals surface area contributed by atoms with Crippen LogP contribution in [-0.4, -0.2) is 37.0 Å². The van der Waals surface area contributed by atoms with Crippen molar-refractivity contribution in [1.82, 2.24) is 10.2 Å². The molecule has 0 bridgehead atoms. The number of carbonyl (C=O) groups is 1. The summed E-state index contributed by atoms with van der Waals surface area (Å²) in [5, 5.41) is 2.94. The Morgan fingerprint density at radius 3 is 2.86 bits per heavy atom. The molecule has 2 atom stereocenters. The molecule has 2 rings (SSSR count). The maximum absolute atomic E-state index is 12.0. The molecule has 0 radical (unpaired) electrons. The summed E-state index contributed by atoms with van der Waals surface area (Å²) in [5.74, 6) is 0.745. The zero-order chi connectivity index (χ0) is 15.8. The van der Waals surface area contributed by atoms with Crippen LogP contribution in [0.1, 0.15) is 44.2 Å². The van der Waals surface area contributed by atoms with Crippen molar-refractivity contribution in [1.29, 1.82) is 0 Å². The van der Waals surface area contributed by atoms with E-state index in [1.807, 2.05) is 30.3 Å². The van der Waals surface area contributed by atoms with Crippen molar-refractivity contribution < 1.29 is 4.79 Å². The van der Waals surface area contributed by atoms with Crippen LogP contribution >= 0.6 is 0 Å². The standard InChI is InChI=1S/C18H29N3O/c1-15-8-7-13-21(14-15)12-6-5-11-20-18(22)17(19)16-9-3-2-4-10-16/h2-4,9-10,15,17H,5-8,11-14,19H2,1H3,(H,20,22). The third-order valence-corrected chi connectivity index (χ3v) is 4.38. The van der Waals surface area contributed by atoms with Crippen LogP contribution in [0.2, 0.25) is 0 Å². The second-order valence-corrected chi connectivity index (χ2v) is 6.43. The predicted molar refractivity (Wildman–Crippen MR) is 90.5 cm³/mol. The number of amides is 1. The normalized spacial score (nSPS) is 20.5. The number of nitrogens with one attached hydrogen (secondary N) is 1. The summed E-state index contributed by atoms with van der Waals surface area (Å²) in [6, 6.07) is 8.95. The van der Waals surface area contributed by atoms with Crippen molar-refractivity contribution in [2.75, 3.05) is 26.2 Å². The molecule has 0 spiro atoms. The Kier molecular flexibility index (Phi) is 6.87. The van der Waals surface area contributed by atoms with Gasteiger partial charge in [0.25, 0.3) is 0 Å². The Bertz CT molecular complexity index is 449. The monoisotopic (exact) mass is 303 g/mol. The molecule has 1 heterocycles. The van der Waals surface area contributed by atoms with Crippen LogP contribution in [-0.2, 0) is 4.79 Å². The summed E-state index contributed by atoms with van der Waals surface area (Å²) in [5.41, 5.74) is 6.83. The minimum Gasteiger partial charge on any atom is -0.354 e. The molecule has 2 unspecified atom stereocenters. The first-order valence-electron chi connectivity index (χ1n) is 8.47. The number of nitrogens with two attached hydrogens (primary N) is 1. The van der Waals surface area contributed by atoms with Crippen molar-refractivity contribution in [3.63, 3.8) is 0 Å². The van der Waals surface area contributed by atoms with Crippen LogP contribution in [0.3, 0.4) is 0 Å². The highest BCUT2D eigenvalue weighted by Gasteiger charge is 2.16. The van der Waals surface area contributed by atoms with Gasteiger partial charge in [0.15, 0.2) is 0 Å². The molecule has 4 nitrogen and oxygen atoms in total. The Labute approximate surface area is 134 Å². The first kappa shape index (κ1) is 17.0. The maximum Gasteiger partial charge on any atom is 0.241 e. The zero-order valence-electron chi connectivity index (χ0n) is 13.6. The van der Waals surface area contributed by atoms with E-state index in [0.29, 0.717) is 6.54 Å². The molecule has 4 heteroatoms. The average molecular weight is 303 g/mol. The molecule has 1 aliphatic heterocycles. The van der Waals surface area contributed by atoms with Crippen molar-refractivity contribution in [3.8, 4) is 0 Å². The SMILES string of the molecule is CC1CCCN(CCCCNC(=O)C(N)c2ccccc2)C1. The Morgan fingerprint density at radius 2 is 2.14 bits per heavy atom.